The average molecular weight is 288 g/mol. The minimum atomic E-state index is -4.17. The van der Waals surface area contributed by atoms with E-state index in [0.29, 0.717) is 13.0 Å². The van der Waals surface area contributed by atoms with Crippen LogP contribution in [0.5, 0.6) is 0 Å². The van der Waals surface area contributed by atoms with Crippen LogP contribution in [0.25, 0.3) is 0 Å². The summed E-state index contributed by atoms with van der Waals surface area (Å²) in [6.45, 7) is 3.31. The molecule has 0 bridgehead atoms. The molecule has 0 fully saturated rings. The summed E-state index contributed by atoms with van der Waals surface area (Å²) in [4.78, 5) is 1.49. The number of alkyl halides is 3. The quantitative estimate of drug-likeness (QED) is 0.824. The fraction of sp³-hybridized carbons (Fsp3) is 0.600. The van der Waals surface area contributed by atoms with Crippen LogP contribution in [-0.2, 0) is 0 Å². The van der Waals surface area contributed by atoms with Crippen molar-refractivity contribution in [1.82, 2.24) is 10.2 Å². The van der Waals surface area contributed by atoms with Gasteiger partial charge in [0.05, 0.1) is 6.54 Å². The third-order valence-corrected chi connectivity index (χ3v) is 3.42. The zero-order chi connectivity index (χ0) is 15.2. The van der Waals surface area contributed by atoms with Crippen molar-refractivity contribution in [2.24, 2.45) is 0 Å². The van der Waals surface area contributed by atoms with Crippen LogP contribution in [0.2, 0.25) is 0 Å². The molecule has 0 aliphatic heterocycles. The molecule has 5 heteroatoms. The molecule has 0 aromatic heterocycles. The highest BCUT2D eigenvalue weighted by atomic mass is 19.4. The van der Waals surface area contributed by atoms with Crippen LogP contribution >= 0.6 is 0 Å². The molecule has 1 rings (SSSR count). The second-order valence-electron chi connectivity index (χ2n) is 5.00. The van der Waals surface area contributed by atoms with Crippen LogP contribution in [0.15, 0.2) is 30.3 Å². The summed E-state index contributed by atoms with van der Waals surface area (Å²) in [6.07, 6.45) is -3.47. The van der Waals surface area contributed by atoms with Crippen LogP contribution in [-0.4, -0.2) is 37.3 Å². The zero-order valence-corrected chi connectivity index (χ0v) is 12.2. The van der Waals surface area contributed by atoms with E-state index in [4.69, 9.17) is 0 Å². The van der Waals surface area contributed by atoms with Gasteiger partial charge in [0.25, 0.3) is 0 Å². The van der Waals surface area contributed by atoms with Crippen molar-refractivity contribution in [2.75, 3.05) is 20.1 Å². The number of rotatable bonds is 7. The Morgan fingerprint density at radius 3 is 2.25 bits per heavy atom. The molecule has 114 valence electrons. The van der Waals surface area contributed by atoms with Crippen molar-refractivity contribution in [3.8, 4) is 0 Å². The predicted octanol–water partition coefficient (Wildman–Crippen LogP) is 3.61. The topological polar surface area (TPSA) is 15.3 Å². The monoisotopic (exact) mass is 288 g/mol. The first-order valence-corrected chi connectivity index (χ1v) is 6.92. The summed E-state index contributed by atoms with van der Waals surface area (Å²) in [5, 5.41) is 3.13. The van der Waals surface area contributed by atoms with Gasteiger partial charge in [-0.15, -0.1) is 0 Å². The molecule has 0 saturated carbocycles. The van der Waals surface area contributed by atoms with Crippen molar-refractivity contribution in [1.29, 1.82) is 0 Å². The van der Waals surface area contributed by atoms with Gasteiger partial charge in [-0.05, 0) is 32.5 Å². The smallest absolute Gasteiger partial charge is 0.312 e. The van der Waals surface area contributed by atoms with E-state index in [1.807, 2.05) is 44.2 Å². The van der Waals surface area contributed by atoms with E-state index in [-0.39, 0.29) is 12.1 Å². The van der Waals surface area contributed by atoms with Gasteiger partial charge >= 0.3 is 6.18 Å². The van der Waals surface area contributed by atoms with E-state index in [2.05, 4.69) is 5.32 Å². The lowest BCUT2D eigenvalue weighted by Gasteiger charge is -2.35. The summed E-state index contributed by atoms with van der Waals surface area (Å²) in [6, 6.07) is 9.24. The number of hydrogen-bond acceptors (Lipinski definition) is 2. The number of hydrogen-bond donors (Lipinski definition) is 1. The third kappa shape index (κ3) is 5.13. The Morgan fingerprint density at radius 1 is 1.20 bits per heavy atom. The maximum Gasteiger partial charge on any atom is 0.401 e. The maximum atomic E-state index is 12.7. The molecule has 1 aromatic carbocycles. The molecule has 0 spiro atoms. The van der Waals surface area contributed by atoms with Gasteiger partial charge < -0.3 is 5.32 Å². The summed E-state index contributed by atoms with van der Waals surface area (Å²) in [7, 11) is 1.78. The van der Waals surface area contributed by atoms with Gasteiger partial charge in [0.15, 0.2) is 0 Å². The second kappa shape index (κ2) is 7.64. The van der Waals surface area contributed by atoms with Gasteiger partial charge in [0.1, 0.15) is 0 Å². The molecule has 0 heterocycles. The minimum absolute atomic E-state index is 0.120. The minimum Gasteiger partial charge on any atom is -0.312 e. The Kier molecular flexibility index (Phi) is 6.49. The summed E-state index contributed by atoms with van der Waals surface area (Å²) >= 11 is 0. The van der Waals surface area contributed by atoms with Gasteiger partial charge in [-0.25, -0.2) is 0 Å². The predicted molar refractivity (Wildman–Crippen MR) is 75.6 cm³/mol. The lowest BCUT2D eigenvalue weighted by atomic mass is 9.99. The molecule has 0 saturated heterocycles. The number of benzene rings is 1. The van der Waals surface area contributed by atoms with Crippen molar-refractivity contribution >= 4 is 0 Å². The Balaban J connectivity index is 2.88. The lowest BCUT2D eigenvalue weighted by Crippen LogP contribution is -2.46. The molecular formula is C15H23F3N2. The van der Waals surface area contributed by atoms with Crippen LogP contribution in [0.4, 0.5) is 13.2 Å². The SMILES string of the molecule is CCCN(CC(F)(F)F)C(C)C(NC)c1ccccc1. The van der Waals surface area contributed by atoms with Crippen LogP contribution < -0.4 is 5.32 Å². The van der Waals surface area contributed by atoms with Crippen molar-refractivity contribution in [3.05, 3.63) is 35.9 Å². The van der Waals surface area contributed by atoms with E-state index in [0.717, 1.165) is 5.56 Å². The number of nitrogens with one attached hydrogen (secondary N) is 1. The first kappa shape index (κ1) is 17.0. The largest absolute Gasteiger partial charge is 0.401 e. The molecule has 1 N–H and O–H groups in total. The van der Waals surface area contributed by atoms with E-state index >= 15 is 0 Å². The van der Waals surface area contributed by atoms with Crippen molar-refractivity contribution < 1.29 is 13.2 Å². The molecule has 2 unspecified atom stereocenters. The van der Waals surface area contributed by atoms with Gasteiger partial charge in [0, 0.05) is 12.1 Å². The highest BCUT2D eigenvalue weighted by Crippen LogP contribution is 2.24. The fourth-order valence-electron chi connectivity index (χ4n) is 2.50. The van der Waals surface area contributed by atoms with Gasteiger partial charge in [0.2, 0.25) is 0 Å². The first-order chi connectivity index (χ1) is 9.39. The molecule has 20 heavy (non-hydrogen) atoms. The van der Waals surface area contributed by atoms with Crippen LogP contribution in [0, 0.1) is 0 Å². The van der Waals surface area contributed by atoms with Gasteiger partial charge in [-0.3, -0.25) is 4.90 Å². The Morgan fingerprint density at radius 2 is 1.80 bits per heavy atom. The van der Waals surface area contributed by atoms with E-state index in [9.17, 15) is 13.2 Å². The molecule has 0 aliphatic rings. The summed E-state index contributed by atoms with van der Waals surface area (Å²) in [5.41, 5.74) is 1.01. The standard InChI is InChI=1S/C15H23F3N2/c1-4-10-20(11-15(16,17)18)12(2)14(19-3)13-8-6-5-7-9-13/h5-9,12,14,19H,4,10-11H2,1-3H3. The molecule has 0 amide bonds. The molecule has 2 atom stereocenters. The average Bonchev–Trinajstić information content (AvgIpc) is 2.39. The van der Waals surface area contributed by atoms with Gasteiger partial charge in [-0.2, -0.15) is 13.2 Å². The van der Waals surface area contributed by atoms with Gasteiger partial charge in [-0.1, -0.05) is 37.3 Å². The van der Waals surface area contributed by atoms with E-state index in [1.54, 1.807) is 7.05 Å². The molecule has 1 aromatic rings. The highest BCUT2D eigenvalue weighted by Gasteiger charge is 2.34. The maximum absolute atomic E-state index is 12.7. The Hall–Kier alpha value is -1.07. The molecular weight excluding hydrogens is 265 g/mol. The van der Waals surface area contributed by atoms with Crippen molar-refractivity contribution in [3.63, 3.8) is 0 Å². The van der Waals surface area contributed by atoms with E-state index < -0.39 is 12.7 Å². The number of nitrogens with zero attached hydrogens (tertiary/aromatic N) is 1. The van der Waals surface area contributed by atoms with Crippen LogP contribution in [0.1, 0.15) is 31.9 Å². The Labute approximate surface area is 119 Å². The van der Waals surface area contributed by atoms with Crippen LogP contribution in [0.3, 0.4) is 0 Å². The third-order valence-electron chi connectivity index (χ3n) is 3.42. The Bertz CT molecular complexity index is 378. The van der Waals surface area contributed by atoms with Crippen molar-refractivity contribution in [2.45, 2.75) is 38.5 Å². The second-order valence-corrected chi connectivity index (χ2v) is 5.00. The normalized spacial score (nSPS) is 15.3. The zero-order valence-electron chi connectivity index (χ0n) is 12.2. The lowest BCUT2D eigenvalue weighted by molar-refractivity contribution is -0.151. The number of halogens is 3. The molecule has 2 nitrogen and oxygen atoms in total. The molecule has 0 aliphatic carbocycles. The highest BCUT2D eigenvalue weighted by molar-refractivity contribution is 5.20. The first-order valence-electron chi connectivity index (χ1n) is 6.92. The fourth-order valence-corrected chi connectivity index (χ4v) is 2.50. The van der Waals surface area contributed by atoms with E-state index in [1.165, 1.54) is 4.90 Å². The summed E-state index contributed by atoms with van der Waals surface area (Å²) in [5.74, 6) is 0. The number of likely N-dealkylation sites (N-methyl/N-ethyl adjacent to an activating group) is 1. The summed E-state index contributed by atoms with van der Waals surface area (Å²) < 4.78 is 38.1. The molecule has 0 radical (unpaired) electrons.